The van der Waals surface area contributed by atoms with Gasteiger partial charge in [-0.2, -0.15) is 0 Å². The van der Waals surface area contributed by atoms with Crippen LogP contribution in [0.2, 0.25) is 0 Å². The monoisotopic (exact) mass is 471 g/mol. The maximum atomic E-state index is 5.88. The zero-order valence-electron chi connectivity index (χ0n) is 19.0. The highest BCUT2D eigenvalue weighted by atomic mass is 32.1. The number of nitrogens with zero attached hydrogens (tertiary/aromatic N) is 4. The predicted molar refractivity (Wildman–Crippen MR) is 135 cm³/mol. The van der Waals surface area contributed by atoms with Gasteiger partial charge in [0.25, 0.3) is 0 Å². The summed E-state index contributed by atoms with van der Waals surface area (Å²) >= 11 is 5.88. The van der Waals surface area contributed by atoms with Crippen LogP contribution in [0.4, 0.5) is 5.69 Å². The Balaban J connectivity index is 1.64. The summed E-state index contributed by atoms with van der Waals surface area (Å²) in [4.78, 5) is 11.3. The number of thiocarbonyl (C=S) groups is 1. The van der Waals surface area contributed by atoms with Gasteiger partial charge in [0, 0.05) is 30.4 Å². The Morgan fingerprint density at radius 1 is 0.941 bits per heavy atom. The summed E-state index contributed by atoms with van der Waals surface area (Å²) in [6, 6.07) is 21.4. The Hall–Kier alpha value is -3.91. The molecule has 7 nitrogen and oxygen atoms in total. The molecule has 1 N–H and O–H groups in total. The van der Waals surface area contributed by atoms with Crippen molar-refractivity contribution in [1.29, 1.82) is 0 Å². The van der Waals surface area contributed by atoms with E-state index in [4.69, 9.17) is 21.7 Å². The quantitative estimate of drug-likeness (QED) is 0.398. The molecule has 0 saturated carbocycles. The van der Waals surface area contributed by atoms with Gasteiger partial charge in [-0.15, -0.1) is 0 Å². The summed E-state index contributed by atoms with van der Waals surface area (Å²) < 4.78 is 13.4. The van der Waals surface area contributed by atoms with Crippen molar-refractivity contribution >= 4 is 23.0 Å². The van der Waals surface area contributed by atoms with Crippen molar-refractivity contribution in [2.24, 2.45) is 0 Å². The molecule has 8 heteroatoms. The Labute approximate surface area is 204 Å². The SMILES string of the molecule is COc1ccc(OC)c(N2C(=S)N[C@H](c3ccccn3)[C@H]2c2cccn2Cc2ccccn2)c1. The highest BCUT2D eigenvalue weighted by molar-refractivity contribution is 7.80. The van der Waals surface area contributed by atoms with Gasteiger partial charge in [0.05, 0.1) is 43.9 Å². The molecule has 1 aromatic carbocycles. The number of hydrogen-bond donors (Lipinski definition) is 1. The number of methoxy groups -OCH3 is 2. The lowest BCUT2D eigenvalue weighted by Crippen LogP contribution is -2.31. The second-order valence-electron chi connectivity index (χ2n) is 7.92. The van der Waals surface area contributed by atoms with E-state index in [0.29, 0.717) is 17.4 Å². The van der Waals surface area contributed by atoms with Crippen molar-refractivity contribution in [2.75, 3.05) is 19.1 Å². The van der Waals surface area contributed by atoms with Gasteiger partial charge in [-0.3, -0.25) is 9.97 Å². The Kier molecular flexibility index (Phi) is 6.14. The highest BCUT2D eigenvalue weighted by Crippen LogP contribution is 2.45. The van der Waals surface area contributed by atoms with E-state index in [2.05, 4.69) is 43.1 Å². The summed E-state index contributed by atoms with van der Waals surface area (Å²) in [7, 11) is 3.31. The van der Waals surface area contributed by atoms with E-state index in [0.717, 1.165) is 28.5 Å². The van der Waals surface area contributed by atoms with Crippen molar-refractivity contribution in [2.45, 2.75) is 18.6 Å². The van der Waals surface area contributed by atoms with Crippen LogP contribution < -0.4 is 19.7 Å². The van der Waals surface area contributed by atoms with E-state index in [-0.39, 0.29) is 12.1 Å². The maximum Gasteiger partial charge on any atom is 0.174 e. The first kappa shape index (κ1) is 21.9. The standard InChI is InChI=1S/C26H25N5O2S/c1-32-19-11-12-23(33-2)22(16-19)31-25(24(29-26(31)34)20-9-4-6-14-28-20)21-10-7-15-30(21)17-18-8-3-5-13-27-18/h3-16,24-25H,17H2,1-2H3,(H,29,34)/t24-,25-/m1/s1. The molecule has 172 valence electrons. The fraction of sp³-hybridized carbons (Fsp3) is 0.192. The van der Waals surface area contributed by atoms with Crippen molar-refractivity contribution in [3.05, 3.63) is 102 Å². The molecule has 2 atom stereocenters. The third-order valence-electron chi connectivity index (χ3n) is 5.97. The van der Waals surface area contributed by atoms with Crippen LogP contribution in [0.25, 0.3) is 0 Å². The molecule has 1 aliphatic heterocycles. The van der Waals surface area contributed by atoms with Gasteiger partial charge >= 0.3 is 0 Å². The molecule has 1 fully saturated rings. The molecular formula is C26H25N5O2S. The van der Waals surface area contributed by atoms with E-state index >= 15 is 0 Å². The lowest BCUT2D eigenvalue weighted by molar-refractivity contribution is 0.402. The zero-order chi connectivity index (χ0) is 23.5. The Morgan fingerprint density at radius 3 is 2.47 bits per heavy atom. The summed E-state index contributed by atoms with van der Waals surface area (Å²) in [5, 5.41) is 4.10. The normalized spacial score (nSPS) is 17.5. The molecule has 34 heavy (non-hydrogen) atoms. The lowest BCUT2D eigenvalue weighted by Gasteiger charge is -2.30. The highest BCUT2D eigenvalue weighted by Gasteiger charge is 2.43. The van der Waals surface area contributed by atoms with Crippen LogP contribution in [-0.2, 0) is 6.54 Å². The van der Waals surface area contributed by atoms with Crippen LogP contribution in [0.3, 0.4) is 0 Å². The van der Waals surface area contributed by atoms with Crippen LogP contribution in [0.5, 0.6) is 11.5 Å². The van der Waals surface area contributed by atoms with Crippen LogP contribution >= 0.6 is 12.2 Å². The Bertz CT molecular complexity index is 1280. The number of ether oxygens (including phenoxy) is 2. The molecule has 1 aliphatic rings. The molecule has 4 heterocycles. The lowest BCUT2D eigenvalue weighted by atomic mass is 10.0. The molecule has 0 bridgehead atoms. The van der Waals surface area contributed by atoms with Crippen molar-refractivity contribution in [3.8, 4) is 11.5 Å². The minimum absolute atomic E-state index is 0.165. The van der Waals surface area contributed by atoms with Gasteiger partial charge in [-0.05, 0) is 60.7 Å². The van der Waals surface area contributed by atoms with Gasteiger partial charge in [-0.25, -0.2) is 0 Å². The fourth-order valence-corrected chi connectivity index (χ4v) is 4.74. The summed E-state index contributed by atoms with van der Waals surface area (Å²) in [6.45, 7) is 0.643. The molecule has 0 unspecified atom stereocenters. The van der Waals surface area contributed by atoms with Gasteiger partial charge in [0.15, 0.2) is 5.11 Å². The fourth-order valence-electron chi connectivity index (χ4n) is 4.41. The van der Waals surface area contributed by atoms with Crippen molar-refractivity contribution in [3.63, 3.8) is 0 Å². The number of pyridine rings is 2. The topological polar surface area (TPSA) is 64.4 Å². The largest absolute Gasteiger partial charge is 0.497 e. The van der Waals surface area contributed by atoms with Crippen molar-refractivity contribution < 1.29 is 9.47 Å². The van der Waals surface area contributed by atoms with Crippen LogP contribution in [-0.4, -0.2) is 33.9 Å². The van der Waals surface area contributed by atoms with Crippen LogP contribution in [0.15, 0.2) is 85.3 Å². The number of benzene rings is 1. The van der Waals surface area contributed by atoms with Crippen molar-refractivity contribution in [1.82, 2.24) is 19.9 Å². The van der Waals surface area contributed by atoms with E-state index in [1.54, 1.807) is 20.4 Å². The first-order valence-corrected chi connectivity index (χ1v) is 11.4. The van der Waals surface area contributed by atoms with E-state index in [9.17, 15) is 0 Å². The number of aromatic nitrogens is 3. The summed E-state index contributed by atoms with van der Waals surface area (Å²) in [5.74, 6) is 1.43. The second kappa shape index (κ2) is 9.52. The number of hydrogen-bond acceptors (Lipinski definition) is 5. The molecule has 3 aromatic heterocycles. The van der Waals surface area contributed by atoms with Gasteiger partial charge in [0.2, 0.25) is 0 Å². The Morgan fingerprint density at radius 2 is 1.76 bits per heavy atom. The molecule has 4 aromatic rings. The number of rotatable bonds is 7. The first-order chi connectivity index (χ1) is 16.7. The smallest absolute Gasteiger partial charge is 0.174 e. The van der Waals surface area contributed by atoms with Crippen LogP contribution in [0.1, 0.15) is 29.2 Å². The van der Waals surface area contributed by atoms with Gasteiger partial charge < -0.3 is 24.3 Å². The average molecular weight is 472 g/mol. The number of nitrogens with one attached hydrogen (secondary N) is 1. The molecule has 0 spiro atoms. The number of anilines is 1. The predicted octanol–water partition coefficient (Wildman–Crippen LogP) is 4.52. The van der Waals surface area contributed by atoms with E-state index in [1.807, 2.05) is 60.8 Å². The molecule has 0 amide bonds. The molecule has 1 saturated heterocycles. The first-order valence-electron chi connectivity index (χ1n) is 11.0. The molecule has 0 aliphatic carbocycles. The van der Waals surface area contributed by atoms with Gasteiger partial charge in [-0.1, -0.05) is 12.1 Å². The van der Waals surface area contributed by atoms with E-state index < -0.39 is 0 Å². The third-order valence-corrected chi connectivity index (χ3v) is 6.28. The minimum Gasteiger partial charge on any atom is -0.497 e. The van der Waals surface area contributed by atoms with E-state index in [1.165, 1.54) is 0 Å². The zero-order valence-corrected chi connectivity index (χ0v) is 19.8. The molecular weight excluding hydrogens is 446 g/mol. The third kappa shape index (κ3) is 4.08. The van der Waals surface area contributed by atoms with Crippen LogP contribution in [0, 0.1) is 0 Å². The second-order valence-corrected chi connectivity index (χ2v) is 8.30. The van der Waals surface area contributed by atoms with Gasteiger partial charge in [0.1, 0.15) is 17.5 Å². The minimum atomic E-state index is -0.179. The summed E-state index contributed by atoms with van der Waals surface area (Å²) in [6.07, 6.45) is 5.69. The molecule has 5 rings (SSSR count). The summed E-state index contributed by atoms with van der Waals surface area (Å²) in [5.41, 5.74) is 3.80. The average Bonchev–Trinajstić information content (AvgIpc) is 3.48. The maximum absolute atomic E-state index is 5.88. The molecule has 0 radical (unpaired) electrons.